The van der Waals surface area contributed by atoms with Gasteiger partial charge in [-0.15, -0.1) is 11.3 Å². The summed E-state index contributed by atoms with van der Waals surface area (Å²) in [6.07, 6.45) is 2.44. The van der Waals surface area contributed by atoms with Crippen LogP contribution in [0.1, 0.15) is 21.6 Å². The van der Waals surface area contributed by atoms with E-state index in [2.05, 4.69) is 23.0 Å². The number of benzene rings is 1. The third-order valence-corrected chi connectivity index (χ3v) is 5.01. The van der Waals surface area contributed by atoms with Gasteiger partial charge >= 0.3 is 0 Å². The molecular weight excluding hydrogens is 318 g/mol. The quantitative estimate of drug-likeness (QED) is 0.853. The van der Waals surface area contributed by atoms with Crippen LogP contribution in [-0.4, -0.2) is 29.8 Å². The smallest absolute Gasteiger partial charge is 0.134 e. The Hall–Kier alpha value is -1.87. The van der Waals surface area contributed by atoms with Crippen LogP contribution in [0, 0.1) is 11.3 Å². The van der Waals surface area contributed by atoms with Gasteiger partial charge in [0.1, 0.15) is 16.8 Å². The lowest BCUT2D eigenvalue weighted by molar-refractivity contribution is 0.317. The fraction of sp³-hybridized carbons (Fsp3) is 0.250. The van der Waals surface area contributed by atoms with Gasteiger partial charge in [-0.3, -0.25) is 0 Å². The number of nitriles is 1. The topological polar surface area (TPSA) is 59.6 Å². The Morgan fingerprint density at radius 3 is 3.09 bits per heavy atom. The molecule has 1 aromatic carbocycles. The Kier molecular flexibility index (Phi) is 4.16. The molecule has 6 heteroatoms. The molecule has 0 saturated heterocycles. The van der Waals surface area contributed by atoms with Crippen molar-refractivity contribution in [2.75, 3.05) is 13.6 Å². The van der Waals surface area contributed by atoms with Crippen molar-refractivity contribution >= 4 is 34.2 Å². The largest absolute Gasteiger partial charge is 0.507 e. The Morgan fingerprint density at radius 2 is 2.32 bits per heavy atom. The maximum Gasteiger partial charge on any atom is 0.134 e. The van der Waals surface area contributed by atoms with Gasteiger partial charge in [-0.25, -0.2) is 4.99 Å². The molecule has 0 amide bonds. The molecule has 0 unspecified atom stereocenters. The molecule has 2 aromatic rings. The number of rotatable bonds is 2. The van der Waals surface area contributed by atoms with Gasteiger partial charge in [0.25, 0.3) is 0 Å². The third-order valence-electron chi connectivity index (χ3n) is 3.65. The first-order valence-electron chi connectivity index (χ1n) is 6.84. The number of hydrogen-bond donors (Lipinski definition) is 1. The summed E-state index contributed by atoms with van der Waals surface area (Å²) in [5, 5.41) is 20.5. The van der Waals surface area contributed by atoms with Crippen molar-refractivity contribution in [2.45, 2.75) is 13.0 Å². The maximum absolute atomic E-state index is 9.82. The van der Waals surface area contributed by atoms with E-state index < -0.39 is 0 Å². The Labute approximate surface area is 137 Å². The second-order valence-electron chi connectivity index (χ2n) is 5.24. The zero-order valence-corrected chi connectivity index (χ0v) is 13.6. The lowest BCUT2D eigenvalue weighted by Crippen LogP contribution is -2.25. The molecule has 0 radical (unpaired) electrons. The molecule has 0 bridgehead atoms. The van der Waals surface area contributed by atoms with E-state index in [4.69, 9.17) is 11.6 Å². The van der Waals surface area contributed by atoms with Crippen LogP contribution in [0.3, 0.4) is 0 Å². The summed E-state index contributed by atoms with van der Waals surface area (Å²) >= 11 is 7.47. The van der Waals surface area contributed by atoms with Crippen LogP contribution in [0.5, 0.6) is 5.75 Å². The van der Waals surface area contributed by atoms with Crippen LogP contribution in [-0.2, 0) is 13.0 Å². The van der Waals surface area contributed by atoms with Crippen LogP contribution in [0.4, 0.5) is 5.00 Å². The van der Waals surface area contributed by atoms with Gasteiger partial charge in [0, 0.05) is 34.8 Å². The van der Waals surface area contributed by atoms with E-state index in [0.717, 1.165) is 25.1 Å². The predicted molar refractivity (Wildman–Crippen MR) is 89.4 cm³/mol. The number of hydrogen-bond acceptors (Lipinski definition) is 5. The lowest BCUT2D eigenvalue weighted by atomic mass is 10.0. The number of nitrogens with zero attached hydrogens (tertiary/aromatic N) is 3. The van der Waals surface area contributed by atoms with Crippen LogP contribution in [0.15, 0.2) is 23.2 Å². The highest BCUT2D eigenvalue weighted by Gasteiger charge is 2.22. The van der Waals surface area contributed by atoms with Crippen LogP contribution in [0.25, 0.3) is 0 Å². The van der Waals surface area contributed by atoms with E-state index in [1.165, 1.54) is 10.9 Å². The van der Waals surface area contributed by atoms with Crippen molar-refractivity contribution in [1.29, 1.82) is 5.26 Å². The first-order valence-corrected chi connectivity index (χ1v) is 8.03. The minimum Gasteiger partial charge on any atom is -0.507 e. The van der Waals surface area contributed by atoms with Crippen molar-refractivity contribution in [2.24, 2.45) is 4.99 Å². The zero-order valence-electron chi connectivity index (χ0n) is 12.0. The van der Waals surface area contributed by atoms with E-state index in [1.54, 1.807) is 29.7 Å². The Bertz CT molecular complexity index is 791. The minimum atomic E-state index is 0.118. The van der Waals surface area contributed by atoms with Crippen LogP contribution in [0.2, 0.25) is 5.02 Å². The number of aromatic hydroxyl groups is 1. The van der Waals surface area contributed by atoms with E-state index in [0.29, 0.717) is 21.2 Å². The highest BCUT2D eigenvalue weighted by Crippen LogP contribution is 2.38. The fourth-order valence-electron chi connectivity index (χ4n) is 2.48. The van der Waals surface area contributed by atoms with Gasteiger partial charge in [0.2, 0.25) is 0 Å². The third kappa shape index (κ3) is 2.86. The lowest BCUT2D eigenvalue weighted by Gasteiger charge is -2.21. The van der Waals surface area contributed by atoms with E-state index in [1.807, 2.05) is 0 Å². The molecule has 0 fully saturated rings. The molecule has 22 heavy (non-hydrogen) atoms. The van der Waals surface area contributed by atoms with E-state index >= 15 is 0 Å². The summed E-state index contributed by atoms with van der Waals surface area (Å²) in [6, 6.07) is 7.07. The summed E-state index contributed by atoms with van der Waals surface area (Å²) in [7, 11) is 2.07. The number of likely N-dealkylation sites (N-methyl/N-ethyl adjacent to an activating group) is 1. The van der Waals surface area contributed by atoms with Gasteiger partial charge in [0.05, 0.1) is 5.56 Å². The normalized spacial score (nSPS) is 15.0. The van der Waals surface area contributed by atoms with Crippen molar-refractivity contribution in [3.63, 3.8) is 0 Å². The second-order valence-corrected chi connectivity index (χ2v) is 6.76. The van der Waals surface area contributed by atoms with Crippen LogP contribution >= 0.6 is 22.9 Å². The highest BCUT2D eigenvalue weighted by atomic mass is 35.5. The van der Waals surface area contributed by atoms with Crippen molar-refractivity contribution in [3.05, 3.63) is 44.8 Å². The molecule has 0 spiro atoms. The summed E-state index contributed by atoms with van der Waals surface area (Å²) in [4.78, 5) is 7.85. The summed E-state index contributed by atoms with van der Waals surface area (Å²) < 4.78 is 0. The second kappa shape index (κ2) is 6.09. The molecule has 1 N–H and O–H groups in total. The molecule has 0 aliphatic carbocycles. The molecular formula is C16H14ClN3OS. The molecule has 112 valence electrons. The molecule has 1 aliphatic heterocycles. The monoisotopic (exact) mass is 331 g/mol. The number of phenols is 1. The zero-order chi connectivity index (χ0) is 15.7. The first-order chi connectivity index (χ1) is 10.6. The standard InChI is InChI=1S/C16H14ClN3OS/c1-20-5-4-12-13(7-18)16(22-15(12)9-20)19-8-10-6-11(17)2-3-14(10)21/h2-3,6,8,21H,4-5,9H2,1H3. The summed E-state index contributed by atoms with van der Waals surface area (Å²) in [6.45, 7) is 1.81. The molecule has 1 aromatic heterocycles. The molecule has 4 nitrogen and oxygen atoms in total. The number of halogens is 1. The number of thiophene rings is 1. The van der Waals surface area contributed by atoms with Gasteiger partial charge in [-0.05, 0) is 37.2 Å². The van der Waals surface area contributed by atoms with Crippen molar-refractivity contribution in [3.8, 4) is 11.8 Å². The van der Waals surface area contributed by atoms with Gasteiger partial charge in [0.15, 0.2) is 0 Å². The van der Waals surface area contributed by atoms with E-state index in [-0.39, 0.29) is 5.75 Å². The Balaban J connectivity index is 1.97. The minimum absolute atomic E-state index is 0.118. The van der Waals surface area contributed by atoms with Gasteiger partial charge in [-0.1, -0.05) is 11.6 Å². The molecule has 3 rings (SSSR count). The van der Waals surface area contributed by atoms with Crippen molar-refractivity contribution in [1.82, 2.24) is 4.90 Å². The first kappa shape index (κ1) is 15.0. The van der Waals surface area contributed by atoms with Gasteiger partial charge < -0.3 is 10.0 Å². The predicted octanol–water partition coefficient (Wildman–Crippen LogP) is 3.72. The number of phenolic OH excluding ortho intramolecular Hbond substituents is 1. The van der Waals surface area contributed by atoms with Gasteiger partial charge in [-0.2, -0.15) is 5.26 Å². The van der Waals surface area contributed by atoms with Crippen LogP contribution < -0.4 is 0 Å². The highest BCUT2D eigenvalue weighted by molar-refractivity contribution is 7.16. The van der Waals surface area contributed by atoms with E-state index in [9.17, 15) is 10.4 Å². The number of fused-ring (bicyclic) bond motifs is 1. The SMILES string of the molecule is CN1CCc2c(sc(N=Cc3cc(Cl)ccc3O)c2C#N)C1. The summed E-state index contributed by atoms with van der Waals surface area (Å²) in [5.41, 5.74) is 2.32. The summed E-state index contributed by atoms with van der Waals surface area (Å²) in [5.74, 6) is 0.118. The molecule has 2 heterocycles. The Morgan fingerprint density at radius 1 is 1.50 bits per heavy atom. The molecule has 1 aliphatic rings. The maximum atomic E-state index is 9.82. The molecule has 0 saturated carbocycles. The fourth-order valence-corrected chi connectivity index (χ4v) is 3.88. The van der Waals surface area contributed by atoms with Crippen molar-refractivity contribution < 1.29 is 5.11 Å². The average Bonchev–Trinajstić information content (AvgIpc) is 2.84. The average molecular weight is 332 g/mol. The molecule has 0 atom stereocenters. The number of aliphatic imine (C=N–C) groups is 1.